The van der Waals surface area contributed by atoms with Gasteiger partial charge >= 0.3 is 0 Å². The van der Waals surface area contributed by atoms with Gasteiger partial charge in [-0.1, -0.05) is 13.3 Å². The van der Waals surface area contributed by atoms with Crippen molar-refractivity contribution in [1.29, 1.82) is 0 Å². The van der Waals surface area contributed by atoms with Crippen LogP contribution in [0.15, 0.2) is 23.3 Å². The molecule has 0 aliphatic heterocycles. The molecule has 4 nitrogen and oxygen atoms in total. The lowest BCUT2D eigenvalue weighted by Gasteiger charge is -2.08. The van der Waals surface area contributed by atoms with Crippen LogP contribution in [0, 0.1) is 6.92 Å². The van der Waals surface area contributed by atoms with Crippen LogP contribution < -0.4 is 15.9 Å². The first-order valence-electron chi connectivity index (χ1n) is 5.95. The van der Waals surface area contributed by atoms with Gasteiger partial charge in [-0.05, 0) is 54.9 Å². The van der Waals surface area contributed by atoms with E-state index in [0.29, 0.717) is 0 Å². The zero-order chi connectivity index (χ0) is 13.4. The van der Waals surface area contributed by atoms with E-state index in [1.165, 1.54) is 0 Å². The number of hydrazone groups is 1. The van der Waals surface area contributed by atoms with Gasteiger partial charge in [0.2, 0.25) is 0 Å². The second kappa shape index (κ2) is 7.66. The summed E-state index contributed by atoms with van der Waals surface area (Å²) in [5.41, 5.74) is 9.84. The largest absolute Gasteiger partial charge is 0.493 e. The van der Waals surface area contributed by atoms with Crippen LogP contribution in [-0.2, 0) is 0 Å². The van der Waals surface area contributed by atoms with Gasteiger partial charge in [-0.2, -0.15) is 5.10 Å². The Kier molecular flexibility index (Phi) is 6.14. The predicted molar refractivity (Wildman–Crippen MR) is 79.1 cm³/mol. The van der Waals surface area contributed by atoms with Crippen LogP contribution in [0.5, 0.6) is 5.75 Å². The second-order valence-electron chi connectivity index (χ2n) is 3.96. The lowest BCUT2D eigenvalue weighted by atomic mass is 10.1. The number of unbranched alkanes of at least 4 members (excludes halogenated alkanes) is 1. The van der Waals surface area contributed by atoms with Crippen LogP contribution in [0.1, 0.15) is 30.9 Å². The van der Waals surface area contributed by atoms with E-state index in [4.69, 9.17) is 10.5 Å². The summed E-state index contributed by atoms with van der Waals surface area (Å²) in [6, 6.07) is 5.90. The van der Waals surface area contributed by atoms with Crippen LogP contribution in [0.3, 0.4) is 0 Å². The van der Waals surface area contributed by atoms with E-state index in [2.05, 4.69) is 29.7 Å². The lowest BCUT2D eigenvalue weighted by Crippen LogP contribution is -2.23. The Hall–Kier alpha value is -1.62. The maximum Gasteiger partial charge on any atom is 0.184 e. The van der Waals surface area contributed by atoms with Crippen molar-refractivity contribution in [3.63, 3.8) is 0 Å². The van der Waals surface area contributed by atoms with Gasteiger partial charge in [0.1, 0.15) is 5.75 Å². The van der Waals surface area contributed by atoms with Crippen molar-refractivity contribution in [1.82, 2.24) is 5.43 Å². The molecule has 0 fully saturated rings. The molecular formula is C13H19N3OS. The molecule has 0 aliphatic carbocycles. The Morgan fingerprint density at radius 1 is 1.56 bits per heavy atom. The van der Waals surface area contributed by atoms with Crippen molar-refractivity contribution < 1.29 is 4.74 Å². The fourth-order valence-electron chi connectivity index (χ4n) is 1.41. The van der Waals surface area contributed by atoms with Gasteiger partial charge in [-0.3, -0.25) is 5.43 Å². The standard InChI is InChI=1S/C13H19N3OS/c1-3-4-7-17-12-6-5-11(8-10(12)2)9-15-16-13(14)18/h5-6,8-9H,3-4,7H2,1-2H3,(H3,14,16,18). The minimum Gasteiger partial charge on any atom is -0.493 e. The maximum absolute atomic E-state index is 5.67. The molecule has 0 amide bonds. The first-order chi connectivity index (χ1) is 8.63. The van der Waals surface area contributed by atoms with Crippen molar-refractivity contribution in [2.75, 3.05) is 6.61 Å². The molecule has 0 aromatic heterocycles. The molecule has 0 radical (unpaired) electrons. The number of aryl methyl sites for hydroxylation is 1. The third kappa shape index (κ3) is 5.14. The van der Waals surface area contributed by atoms with Crippen LogP contribution >= 0.6 is 12.2 Å². The Morgan fingerprint density at radius 2 is 2.33 bits per heavy atom. The molecule has 3 N–H and O–H groups in total. The van der Waals surface area contributed by atoms with E-state index in [0.717, 1.165) is 36.3 Å². The smallest absolute Gasteiger partial charge is 0.184 e. The van der Waals surface area contributed by atoms with Gasteiger partial charge in [-0.25, -0.2) is 0 Å². The molecule has 0 saturated carbocycles. The fourth-order valence-corrected chi connectivity index (χ4v) is 1.46. The maximum atomic E-state index is 5.67. The molecule has 1 aromatic rings. The summed E-state index contributed by atoms with van der Waals surface area (Å²) in [5.74, 6) is 0.919. The van der Waals surface area contributed by atoms with Gasteiger partial charge in [0.05, 0.1) is 12.8 Å². The normalized spacial score (nSPS) is 10.6. The summed E-state index contributed by atoms with van der Waals surface area (Å²) in [6.07, 6.45) is 3.87. The van der Waals surface area contributed by atoms with E-state index in [1.54, 1.807) is 6.21 Å². The van der Waals surface area contributed by atoms with Crippen LogP contribution in [0.25, 0.3) is 0 Å². The van der Waals surface area contributed by atoms with Crippen molar-refractivity contribution in [3.05, 3.63) is 29.3 Å². The highest BCUT2D eigenvalue weighted by atomic mass is 32.1. The van der Waals surface area contributed by atoms with Gasteiger partial charge in [0.25, 0.3) is 0 Å². The first-order valence-corrected chi connectivity index (χ1v) is 6.36. The van der Waals surface area contributed by atoms with E-state index < -0.39 is 0 Å². The molecule has 98 valence electrons. The highest BCUT2D eigenvalue weighted by Gasteiger charge is 1.99. The molecule has 0 saturated heterocycles. The quantitative estimate of drug-likeness (QED) is 0.359. The highest BCUT2D eigenvalue weighted by Crippen LogP contribution is 2.18. The van der Waals surface area contributed by atoms with E-state index in [1.807, 2.05) is 25.1 Å². The average Bonchev–Trinajstić information content (AvgIpc) is 2.31. The number of hydrogen-bond acceptors (Lipinski definition) is 3. The summed E-state index contributed by atoms with van der Waals surface area (Å²) in [5, 5.41) is 4.06. The number of benzene rings is 1. The van der Waals surface area contributed by atoms with Crippen molar-refractivity contribution in [3.8, 4) is 5.75 Å². The fraction of sp³-hybridized carbons (Fsp3) is 0.385. The van der Waals surface area contributed by atoms with Crippen LogP contribution in [0.4, 0.5) is 0 Å². The monoisotopic (exact) mass is 265 g/mol. The van der Waals surface area contributed by atoms with Crippen molar-refractivity contribution in [2.45, 2.75) is 26.7 Å². The summed E-state index contributed by atoms with van der Waals surface area (Å²) >= 11 is 4.65. The number of rotatable bonds is 6. The van der Waals surface area contributed by atoms with E-state index in [-0.39, 0.29) is 5.11 Å². The lowest BCUT2D eigenvalue weighted by molar-refractivity contribution is 0.307. The molecule has 0 heterocycles. The number of hydrogen-bond donors (Lipinski definition) is 2. The number of nitrogens with zero attached hydrogens (tertiary/aromatic N) is 1. The average molecular weight is 265 g/mol. The Balaban J connectivity index is 2.61. The van der Waals surface area contributed by atoms with Crippen molar-refractivity contribution >= 4 is 23.5 Å². The molecule has 1 rings (SSSR count). The van der Waals surface area contributed by atoms with Gasteiger partial charge in [0.15, 0.2) is 5.11 Å². The molecule has 0 spiro atoms. The summed E-state index contributed by atoms with van der Waals surface area (Å²) < 4.78 is 5.67. The molecule has 18 heavy (non-hydrogen) atoms. The van der Waals surface area contributed by atoms with E-state index in [9.17, 15) is 0 Å². The molecular weight excluding hydrogens is 246 g/mol. The molecule has 5 heteroatoms. The SMILES string of the molecule is CCCCOc1ccc(C=NNC(N)=S)cc1C. The van der Waals surface area contributed by atoms with Crippen LogP contribution in [0.2, 0.25) is 0 Å². The second-order valence-corrected chi connectivity index (χ2v) is 4.40. The number of ether oxygens (including phenoxy) is 1. The van der Waals surface area contributed by atoms with Gasteiger partial charge in [-0.15, -0.1) is 0 Å². The summed E-state index contributed by atoms with van der Waals surface area (Å²) in [4.78, 5) is 0. The first kappa shape index (κ1) is 14.4. The summed E-state index contributed by atoms with van der Waals surface area (Å²) in [6.45, 7) is 4.91. The third-order valence-corrected chi connectivity index (χ3v) is 2.43. The number of nitrogens with two attached hydrogens (primary N) is 1. The minimum absolute atomic E-state index is 0.155. The summed E-state index contributed by atoms with van der Waals surface area (Å²) in [7, 11) is 0. The number of thiocarbonyl (C=S) groups is 1. The van der Waals surface area contributed by atoms with Gasteiger partial charge in [0, 0.05) is 0 Å². The number of nitrogens with one attached hydrogen (secondary N) is 1. The van der Waals surface area contributed by atoms with Crippen molar-refractivity contribution in [2.24, 2.45) is 10.8 Å². The zero-order valence-electron chi connectivity index (χ0n) is 10.8. The molecule has 1 aromatic carbocycles. The molecule has 0 unspecified atom stereocenters. The predicted octanol–water partition coefficient (Wildman–Crippen LogP) is 2.34. The van der Waals surface area contributed by atoms with Gasteiger partial charge < -0.3 is 10.5 Å². The third-order valence-electron chi connectivity index (χ3n) is 2.34. The Bertz CT molecular complexity index is 432. The molecule has 0 bridgehead atoms. The molecule has 0 atom stereocenters. The Labute approximate surface area is 113 Å². The minimum atomic E-state index is 0.155. The van der Waals surface area contributed by atoms with E-state index >= 15 is 0 Å². The molecule has 0 aliphatic rings. The Morgan fingerprint density at radius 3 is 2.94 bits per heavy atom. The topological polar surface area (TPSA) is 59.6 Å². The van der Waals surface area contributed by atoms with Crippen LogP contribution in [-0.4, -0.2) is 17.9 Å². The highest BCUT2D eigenvalue weighted by molar-refractivity contribution is 7.80. The zero-order valence-corrected chi connectivity index (χ0v) is 11.6.